The van der Waals surface area contributed by atoms with Gasteiger partial charge in [0, 0.05) is 19.0 Å². The molecule has 1 saturated carbocycles. The second-order valence-electron chi connectivity index (χ2n) is 5.95. The van der Waals surface area contributed by atoms with Crippen molar-refractivity contribution in [3.8, 4) is 0 Å². The number of nitrogens with zero attached hydrogens (tertiary/aromatic N) is 2. The van der Waals surface area contributed by atoms with Gasteiger partial charge in [0.15, 0.2) is 5.03 Å². The number of rotatable bonds is 6. The molecule has 1 fully saturated rings. The molecule has 1 aromatic heterocycles. The van der Waals surface area contributed by atoms with Gasteiger partial charge >= 0.3 is 0 Å². The summed E-state index contributed by atoms with van der Waals surface area (Å²) in [6, 6.07) is 0.149. The van der Waals surface area contributed by atoms with Gasteiger partial charge in [0.2, 0.25) is 0 Å². The van der Waals surface area contributed by atoms with Crippen LogP contribution in [-0.4, -0.2) is 35.3 Å². The summed E-state index contributed by atoms with van der Waals surface area (Å²) < 4.78 is 27.4. The highest BCUT2D eigenvalue weighted by Gasteiger charge is 2.34. The average Bonchev–Trinajstić information content (AvgIpc) is 3.06. The van der Waals surface area contributed by atoms with E-state index in [4.69, 9.17) is 0 Å². The average molecular weight is 299 g/mol. The van der Waals surface area contributed by atoms with Gasteiger partial charge in [0.1, 0.15) is 5.82 Å². The molecule has 0 unspecified atom stereocenters. The molecule has 1 aliphatic rings. The Morgan fingerprint density at radius 2 is 2.05 bits per heavy atom. The third-order valence-corrected chi connectivity index (χ3v) is 5.63. The quantitative estimate of drug-likeness (QED) is 0.878. The van der Waals surface area contributed by atoms with Gasteiger partial charge in [-0.1, -0.05) is 33.6 Å². The molecule has 0 amide bonds. The monoisotopic (exact) mass is 299 g/mol. The number of aromatic amines is 1. The molecular formula is C14H25N3O2S. The van der Waals surface area contributed by atoms with E-state index in [-0.39, 0.29) is 11.1 Å². The minimum absolute atomic E-state index is 0.149. The van der Waals surface area contributed by atoms with Crippen LogP contribution in [0.1, 0.15) is 52.3 Å². The molecule has 0 radical (unpaired) electrons. The molecule has 0 bridgehead atoms. The summed E-state index contributed by atoms with van der Waals surface area (Å²) in [5.41, 5.74) is 0. The fraction of sp³-hybridized carbons (Fsp3) is 0.786. The zero-order valence-electron chi connectivity index (χ0n) is 12.6. The standard InChI is InChI=1S/C14H25N3O2S/c1-4-13-15-9-14(16-13)20(18,19)17(10-11(2)3)12-7-5-6-8-12/h9,11-12H,4-8,10H2,1-3H3,(H,15,16). The molecule has 0 aromatic carbocycles. The number of hydrogen-bond acceptors (Lipinski definition) is 3. The van der Waals surface area contributed by atoms with Crippen LogP contribution in [0.25, 0.3) is 0 Å². The lowest BCUT2D eigenvalue weighted by atomic mass is 10.2. The van der Waals surface area contributed by atoms with E-state index < -0.39 is 10.0 Å². The SMILES string of the molecule is CCc1ncc(S(=O)(=O)N(CC(C)C)C2CCCC2)[nH]1. The van der Waals surface area contributed by atoms with Crippen LogP contribution in [0.15, 0.2) is 11.2 Å². The van der Waals surface area contributed by atoms with Gasteiger partial charge in [0.05, 0.1) is 6.20 Å². The summed E-state index contributed by atoms with van der Waals surface area (Å²) >= 11 is 0. The van der Waals surface area contributed by atoms with Gasteiger partial charge in [0.25, 0.3) is 10.0 Å². The Kier molecular flexibility index (Phi) is 4.86. The van der Waals surface area contributed by atoms with Gasteiger partial charge in [-0.2, -0.15) is 4.31 Å². The van der Waals surface area contributed by atoms with Crippen molar-refractivity contribution in [2.24, 2.45) is 5.92 Å². The Labute approximate surface area is 121 Å². The Morgan fingerprint density at radius 3 is 2.55 bits per heavy atom. The first-order valence-electron chi connectivity index (χ1n) is 7.51. The van der Waals surface area contributed by atoms with Crippen LogP contribution in [0.2, 0.25) is 0 Å². The predicted molar refractivity (Wildman–Crippen MR) is 79.0 cm³/mol. The van der Waals surface area contributed by atoms with Crippen LogP contribution in [-0.2, 0) is 16.4 Å². The summed E-state index contributed by atoms with van der Waals surface area (Å²) in [5, 5.41) is 0.238. The Morgan fingerprint density at radius 1 is 1.40 bits per heavy atom. The lowest BCUT2D eigenvalue weighted by Crippen LogP contribution is -2.41. The van der Waals surface area contributed by atoms with Crippen LogP contribution < -0.4 is 0 Å². The van der Waals surface area contributed by atoms with Crippen LogP contribution in [0, 0.1) is 5.92 Å². The maximum absolute atomic E-state index is 12.8. The maximum atomic E-state index is 12.8. The summed E-state index contributed by atoms with van der Waals surface area (Å²) in [4.78, 5) is 7.07. The van der Waals surface area contributed by atoms with Crippen molar-refractivity contribution in [1.29, 1.82) is 0 Å². The Bertz CT molecular complexity index is 530. The molecule has 0 aliphatic heterocycles. The molecule has 0 atom stereocenters. The van der Waals surface area contributed by atoms with E-state index in [9.17, 15) is 8.42 Å². The van der Waals surface area contributed by atoms with Crippen LogP contribution in [0.4, 0.5) is 0 Å². The minimum Gasteiger partial charge on any atom is -0.332 e. The molecule has 20 heavy (non-hydrogen) atoms. The summed E-state index contributed by atoms with van der Waals surface area (Å²) in [6.45, 7) is 6.65. The zero-order valence-corrected chi connectivity index (χ0v) is 13.4. The van der Waals surface area contributed by atoms with E-state index in [0.717, 1.165) is 31.5 Å². The Balaban J connectivity index is 2.29. The summed E-state index contributed by atoms with van der Waals surface area (Å²) in [6.07, 6.45) is 6.36. The smallest absolute Gasteiger partial charge is 0.260 e. The predicted octanol–water partition coefficient (Wildman–Crippen LogP) is 2.56. The Hall–Kier alpha value is -0.880. The molecule has 6 heteroatoms. The zero-order chi connectivity index (χ0) is 14.8. The highest BCUT2D eigenvalue weighted by molar-refractivity contribution is 7.89. The van der Waals surface area contributed by atoms with E-state index in [1.807, 2.05) is 6.92 Å². The first kappa shape index (κ1) is 15.5. The third kappa shape index (κ3) is 3.23. The van der Waals surface area contributed by atoms with Gasteiger partial charge in [-0.3, -0.25) is 0 Å². The van der Waals surface area contributed by atoms with Crippen molar-refractivity contribution in [2.75, 3.05) is 6.54 Å². The van der Waals surface area contributed by atoms with Crippen LogP contribution >= 0.6 is 0 Å². The van der Waals surface area contributed by atoms with Crippen molar-refractivity contribution in [3.63, 3.8) is 0 Å². The molecule has 1 heterocycles. The van der Waals surface area contributed by atoms with Crippen molar-refractivity contribution >= 4 is 10.0 Å². The highest BCUT2D eigenvalue weighted by Crippen LogP contribution is 2.29. The summed E-state index contributed by atoms with van der Waals surface area (Å²) in [5.74, 6) is 1.04. The lowest BCUT2D eigenvalue weighted by Gasteiger charge is -2.28. The number of hydrogen-bond donors (Lipinski definition) is 1. The first-order valence-corrected chi connectivity index (χ1v) is 8.95. The molecule has 1 aromatic rings. The van der Waals surface area contributed by atoms with Crippen molar-refractivity contribution in [3.05, 3.63) is 12.0 Å². The number of H-pyrrole nitrogens is 1. The summed E-state index contributed by atoms with van der Waals surface area (Å²) in [7, 11) is -3.45. The van der Waals surface area contributed by atoms with Crippen molar-refractivity contribution in [2.45, 2.75) is 63.9 Å². The molecule has 0 spiro atoms. The molecule has 114 valence electrons. The fourth-order valence-corrected chi connectivity index (χ4v) is 4.56. The van der Waals surface area contributed by atoms with Gasteiger partial charge in [-0.15, -0.1) is 0 Å². The lowest BCUT2D eigenvalue weighted by molar-refractivity contribution is 0.292. The number of aromatic nitrogens is 2. The molecule has 5 nitrogen and oxygen atoms in total. The topological polar surface area (TPSA) is 66.1 Å². The largest absolute Gasteiger partial charge is 0.332 e. The number of imidazole rings is 1. The van der Waals surface area contributed by atoms with Crippen molar-refractivity contribution < 1.29 is 8.42 Å². The van der Waals surface area contributed by atoms with E-state index >= 15 is 0 Å². The van der Waals surface area contributed by atoms with Gasteiger partial charge in [-0.25, -0.2) is 13.4 Å². The van der Waals surface area contributed by atoms with Crippen LogP contribution in [0.3, 0.4) is 0 Å². The number of sulfonamides is 1. The number of nitrogens with one attached hydrogen (secondary N) is 1. The molecular weight excluding hydrogens is 274 g/mol. The molecule has 1 N–H and O–H groups in total. The van der Waals surface area contributed by atoms with E-state index in [1.54, 1.807) is 4.31 Å². The van der Waals surface area contributed by atoms with E-state index in [1.165, 1.54) is 6.20 Å². The highest BCUT2D eigenvalue weighted by atomic mass is 32.2. The molecule has 0 saturated heterocycles. The first-order chi connectivity index (χ1) is 9.45. The van der Waals surface area contributed by atoms with Gasteiger partial charge in [-0.05, 0) is 18.8 Å². The fourth-order valence-electron chi connectivity index (χ4n) is 2.78. The van der Waals surface area contributed by atoms with Crippen LogP contribution in [0.5, 0.6) is 0 Å². The third-order valence-electron chi connectivity index (χ3n) is 3.80. The second kappa shape index (κ2) is 6.26. The molecule has 1 aliphatic carbocycles. The minimum atomic E-state index is -3.45. The van der Waals surface area contributed by atoms with Gasteiger partial charge < -0.3 is 4.98 Å². The van der Waals surface area contributed by atoms with E-state index in [0.29, 0.717) is 18.9 Å². The van der Waals surface area contributed by atoms with Crippen molar-refractivity contribution in [1.82, 2.24) is 14.3 Å². The second-order valence-corrected chi connectivity index (χ2v) is 7.81. The number of aryl methyl sites for hydroxylation is 1. The van der Waals surface area contributed by atoms with E-state index in [2.05, 4.69) is 23.8 Å². The maximum Gasteiger partial charge on any atom is 0.260 e. The molecule has 2 rings (SSSR count). The normalized spacial score (nSPS) is 17.4.